The van der Waals surface area contributed by atoms with Crippen molar-refractivity contribution in [2.24, 2.45) is 11.8 Å². The molecule has 2 saturated heterocycles. The highest BCUT2D eigenvalue weighted by molar-refractivity contribution is 6.30. The highest BCUT2D eigenvalue weighted by Gasteiger charge is 2.39. The second-order valence-electron chi connectivity index (χ2n) is 12.6. The number of piperidine rings is 2. The standard InChI is InChI=1S/C39H42Cl2N2O/c40-35-19-15-33(16-20-35)37-27-31(13-11-29-7-3-1-4-8-29)23-25-42(37)39(44)43-26-24-32(14-12-30-9-5-2-6-10-30)28-38(43)34-17-21-36(41)22-18-34/h1-10,15-22,31-32,37-38H,11-14,23-28H2. The maximum Gasteiger partial charge on any atom is 0.321 e. The quantitative estimate of drug-likeness (QED) is 0.191. The number of halogens is 2. The lowest BCUT2D eigenvalue weighted by atomic mass is 9.82. The van der Waals surface area contributed by atoms with E-state index in [1.165, 1.54) is 22.3 Å². The van der Waals surface area contributed by atoms with Crippen LogP contribution < -0.4 is 0 Å². The molecule has 0 bridgehead atoms. The van der Waals surface area contributed by atoms with Gasteiger partial charge in [-0.2, -0.15) is 0 Å². The van der Waals surface area contributed by atoms with Crippen LogP contribution in [-0.4, -0.2) is 28.9 Å². The predicted molar refractivity (Wildman–Crippen MR) is 182 cm³/mol. The van der Waals surface area contributed by atoms with Gasteiger partial charge in [0, 0.05) is 23.1 Å². The number of carbonyl (C=O) groups excluding carboxylic acids is 1. The Hall–Kier alpha value is -3.27. The van der Waals surface area contributed by atoms with Gasteiger partial charge in [-0.15, -0.1) is 0 Å². The van der Waals surface area contributed by atoms with Crippen LogP contribution in [0.2, 0.25) is 10.0 Å². The van der Waals surface area contributed by atoms with Crippen molar-refractivity contribution in [3.8, 4) is 0 Å². The van der Waals surface area contributed by atoms with E-state index in [-0.39, 0.29) is 18.1 Å². The summed E-state index contributed by atoms with van der Waals surface area (Å²) < 4.78 is 0. The van der Waals surface area contributed by atoms with E-state index in [2.05, 4.69) is 94.7 Å². The molecule has 2 heterocycles. The highest BCUT2D eigenvalue weighted by Crippen LogP contribution is 2.41. The Labute approximate surface area is 272 Å². The van der Waals surface area contributed by atoms with Crippen molar-refractivity contribution in [2.75, 3.05) is 13.1 Å². The summed E-state index contributed by atoms with van der Waals surface area (Å²) in [5.74, 6) is 1.13. The molecule has 0 N–H and O–H groups in total. The molecule has 0 aliphatic carbocycles. The monoisotopic (exact) mass is 624 g/mol. The van der Waals surface area contributed by atoms with Crippen LogP contribution in [0.1, 0.15) is 72.9 Å². The SMILES string of the molecule is O=C(N1CCC(CCc2ccccc2)CC1c1ccc(Cl)cc1)N1CCC(CCc2ccccc2)CC1c1ccc(Cl)cc1. The zero-order chi connectivity index (χ0) is 30.3. The van der Waals surface area contributed by atoms with E-state index in [1.54, 1.807) is 0 Å². The van der Waals surface area contributed by atoms with Gasteiger partial charge in [0.2, 0.25) is 0 Å². The Bertz CT molecular complexity index is 1360. The first-order valence-corrected chi connectivity index (χ1v) is 16.9. The van der Waals surface area contributed by atoms with Gasteiger partial charge in [-0.3, -0.25) is 0 Å². The molecule has 0 spiro atoms. The molecule has 6 rings (SSSR count). The largest absolute Gasteiger partial charge is 0.321 e. The fraction of sp³-hybridized carbons (Fsp3) is 0.359. The van der Waals surface area contributed by atoms with Gasteiger partial charge in [-0.25, -0.2) is 4.79 Å². The topological polar surface area (TPSA) is 23.6 Å². The molecule has 0 aromatic heterocycles. The third-order valence-corrected chi connectivity index (χ3v) is 10.3. The molecule has 5 heteroatoms. The Morgan fingerprint density at radius 1 is 0.568 bits per heavy atom. The maximum absolute atomic E-state index is 14.6. The molecule has 2 amide bonds. The van der Waals surface area contributed by atoms with E-state index in [0.717, 1.165) is 74.5 Å². The lowest BCUT2D eigenvalue weighted by Crippen LogP contribution is -2.51. The molecule has 44 heavy (non-hydrogen) atoms. The summed E-state index contributed by atoms with van der Waals surface area (Å²) in [5.41, 5.74) is 5.12. The molecule has 4 atom stereocenters. The van der Waals surface area contributed by atoms with Crippen LogP contribution in [0, 0.1) is 11.8 Å². The van der Waals surface area contributed by atoms with Gasteiger partial charge in [0.1, 0.15) is 0 Å². The van der Waals surface area contributed by atoms with Crippen molar-refractivity contribution in [3.05, 3.63) is 141 Å². The molecule has 2 fully saturated rings. The first kappa shape index (κ1) is 30.7. The van der Waals surface area contributed by atoms with Crippen LogP contribution >= 0.6 is 23.2 Å². The van der Waals surface area contributed by atoms with E-state index >= 15 is 0 Å². The zero-order valence-corrected chi connectivity index (χ0v) is 26.8. The minimum atomic E-state index is 0.0379. The van der Waals surface area contributed by atoms with Crippen LogP contribution in [0.5, 0.6) is 0 Å². The van der Waals surface area contributed by atoms with Crippen molar-refractivity contribution in [2.45, 2.75) is 63.5 Å². The van der Waals surface area contributed by atoms with E-state index < -0.39 is 0 Å². The molecule has 4 unspecified atom stereocenters. The van der Waals surface area contributed by atoms with Gasteiger partial charge in [-0.05, 0) is 110 Å². The van der Waals surface area contributed by atoms with Crippen LogP contribution in [0.4, 0.5) is 4.79 Å². The fourth-order valence-corrected chi connectivity index (χ4v) is 7.51. The normalized spacial score (nSPS) is 22.1. The highest BCUT2D eigenvalue weighted by atomic mass is 35.5. The zero-order valence-electron chi connectivity index (χ0n) is 25.3. The molecule has 2 aliphatic rings. The van der Waals surface area contributed by atoms with Gasteiger partial charge < -0.3 is 9.80 Å². The Morgan fingerprint density at radius 2 is 0.955 bits per heavy atom. The summed E-state index contributed by atoms with van der Waals surface area (Å²) in [4.78, 5) is 19.0. The summed E-state index contributed by atoms with van der Waals surface area (Å²) in [6.45, 7) is 1.54. The molecule has 3 nitrogen and oxygen atoms in total. The number of hydrogen-bond acceptors (Lipinski definition) is 1. The molecule has 2 aliphatic heterocycles. The molecule has 4 aromatic carbocycles. The van der Waals surface area contributed by atoms with E-state index in [4.69, 9.17) is 23.2 Å². The number of likely N-dealkylation sites (tertiary alicyclic amines) is 2. The molecule has 228 valence electrons. The summed E-state index contributed by atoms with van der Waals surface area (Å²) in [6.07, 6.45) is 8.42. The lowest BCUT2D eigenvalue weighted by molar-refractivity contribution is 0.0630. The minimum absolute atomic E-state index is 0.0379. The second kappa shape index (κ2) is 14.7. The van der Waals surface area contributed by atoms with E-state index in [0.29, 0.717) is 11.8 Å². The van der Waals surface area contributed by atoms with E-state index in [9.17, 15) is 4.79 Å². The minimum Gasteiger partial charge on any atom is -0.318 e. The van der Waals surface area contributed by atoms with Crippen molar-refractivity contribution >= 4 is 29.2 Å². The molecular formula is C39H42Cl2N2O. The van der Waals surface area contributed by atoms with Gasteiger partial charge in [0.25, 0.3) is 0 Å². The lowest BCUT2D eigenvalue weighted by Gasteiger charge is -2.46. The van der Waals surface area contributed by atoms with Crippen LogP contribution in [-0.2, 0) is 12.8 Å². The molecule has 4 aromatic rings. The fourth-order valence-electron chi connectivity index (χ4n) is 7.26. The smallest absolute Gasteiger partial charge is 0.318 e. The van der Waals surface area contributed by atoms with Crippen LogP contribution in [0.15, 0.2) is 109 Å². The Balaban J connectivity index is 1.21. The summed E-state index contributed by atoms with van der Waals surface area (Å²) >= 11 is 12.6. The number of urea groups is 1. The van der Waals surface area contributed by atoms with Crippen LogP contribution in [0.25, 0.3) is 0 Å². The first-order valence-electron chi connectivity index (χ1n) is 16.2. The summed E-state index contributed by atoms with van der Waals surface area (Å²) in [7, 11) is 0. The number of benzene rings is 4. The van der Waals surface area contributed by atoms with Crippen molar-refractivity contribution in [1.82, 2.24) is 9.80 Å². The molecule has 0 radical (unpaired) electrons. The number of rotatable bonds is 8. The van der Waals surface area contributed by atoms with Crippen molar-refractivity contribution < 1.29 is 4.79 Å². The van der Waals surface area contributed by atoms with Crippen molar-refractivity contribution in [3.63, 3.8) is 0 Å². The number of carbonyl (C=O) groups is 1. The predicted octanol–water partition coefficient (Wildman–Crippen LogP) is 10.6. The third-order valence-electron chi connectivity index (χ3n) is 9.79. The number of amides is 2. The van der Waals surface area contributed by atoms with Gasteiger partial charge in [-0.1, -0.05) is 108 Å². The number of aryl methyl sites for hydroxylation is 2. The molecule has 0 saturated carbocycles. The molecular weight excluding hydrogens is 583 g/mol. The second-order valence-corrected chi connectivity index (χ2v) is 13.5. The van der Waals surface area contributed by atoms with Crippen molar-refractivity contribution in [1.29, 1.82) is 0 Å². The number of hydrogen-bond donors (Lipinski definition) is 0. The average Bonchev–Trinajstić information content (AvgIpc) is 3.07. The van der Waals surface area contributed by atoms with Gasteiger partial charge in [0.15, 0.2) is 0 Å². The Kier molecular flexibility index (Phi) is 10.3. The maximum atomic E-state index is 14.6. The summed E-state index contributed by atoms with van der Waals surface area (Å²) in [6, 6.07) is 38.0. The van der Waals surface area contributed by atoms with E-state index in [1.807, 2.05) is 24.3 Å². The number of nitrogens with zero attached hydrogens (tertiary/aromatic N) is 2. The third kappa shape index (κ3) is 7.68. The summed E-state index contributed by atoms with van der Waals surface area (Å²) in [5, 5.41) is 1.45. The van der Waals surface area contributed by atoms with Crippen LogP contribution in [0.3, 0.4) is 0 Å². The van der Waals surface area contributed by atoms with Gasteiger partial charge >= 0.3 is 6.03 Å². The average molecular weight is 626 g/mol. The van der Waals surface area contributed by atoms with Gasteiger partial charge in [0.05, 0.1) is 12.1 Å². The Morgan fingerprint density at radius 3 is 1.34 bits per heavy atom. The first-order chi connectivity index (χ1) is 21.5.